The molecule has 2 rings (SSSR count). The summed E-state index contributed by atoms with van der Waals surface area (Å²) in [5, 5.41) is -0.0543. The minimum Gasteiger partial charge on any atom is -0.492 e. The lowest BCUT2D eigenvalue weighted by atomic mass is 9.91. The lowest BCUT2D eigenvalue weighted by Gasteiger charge is -2.37. The number of amides is 1. The third-order valence-electron chi connectivity index (χ3n) is 4.93. The van der Waals surface area contributed by atoms with Crippen molar-refractivity contribution in [3.63, 3.8) is 0 Å². The number of hydrogen-bond acceptors (Lipinski definition) is 6. The number of aromatic nitrogens is 2. The monoisotopic (exact) mass is 423 g/mol. The summed E-state index contributed by atoms with van der Waals surface area (Å²) in [6, 6.07) is 0. The van der Waals surface area contributed by atoms with Gasteiger partial charge in [-0.25, -0.2) is 14.4 Å². The average Bonchev–Trinajstić information content (AvgIpc) is 2.63. The van der Waals surface area contributed by atoms with E-state index in [0.717, 1.165) is 12.8 Å². The molecule has 0 atom stereocenters. The molecule has 0 spiro atoms. The second-order valence-electron chi connectivity index (χ2n) is 7.34. The standard InChI is InChI=1S/C20H27ClFN5O2/c1-6-13(15(21)17(29-5)11(2)22)14-12(3)25-19(26-16(14)18(23)28)27-9-7-20(4,24)8-10-27/h6H,1,7-10,24H2,2-5H3,(H2,23,28)/b15-13-,17-11-. The van der Waals surface area contributed by atoms with Crippen molar-refractivity contribution >= 4 is 29.0 Å². The van der Waals surface area contributed by atoms with E-state index in [4.69, 9.17) is 27.8 Å². The van der Waals surface area contributed by atoms with Crippen LogP contribution in [0.2, 0.25) is 0 Å². The number of nitrogens with zero attached hydrogens (tertiary/aromatic N) is 3. The van der Waals surface area contributed by atoms with E-state index in [0.29, 0.717) is 24.7 Å². The van der Waals surface area contributed by atoms with Gasteiger partial charge in [0.2, 0.25) is 5.95 Å². The van der Waals surface area contributed by atoms with Crippen LogP contribution >= 0.6 is 11.6 Å². The summed E-state index contributed by atoms with van der Waals surface area (Å²) in [6.07, 6.45) is 2.93. The van der Waals surface area contributed by atoms with Crippen LogP contribution < -0.4 is 16.4 Å². The van der Waals surface area contributed by atoms with Gasteiger partial charge in [0.15, 0.2) is 5.76 Å². The molecule has 1 saturated heterocycles. The minimum absolute atomic E-state index is 0.0198. The summed E-state index contributed by atoms with van der Waals surface area (Å²) in [4.78, 5) is 23.1. The van der Waals surface area contributed by atoms with Gasteiger partial charge in [0.25, 0.3) is 5.91 Å². The summed E-state index contributed by atoms with van der Waals surface area (Å²) in [5.74, 6) is -1.15. The lowest BCUT2D eigenvalue weighted by Crippen LogP contribution is -2.48. The molecule has 0 unspecified atom stereocenters. The smallest absolute Gasteiger partial charge is 0.268 e. The summed E-state index contributed by atoms with van der Waals surface area (Å²) in [5.41, 5.74) is 12.5. The molecule has 0 aromatic carbocycles. The number of carbonyl (C=O) groups excluding carboxylic acids is 1. The van der Waals surface area contributed by atoms with Crippen LogP contribution in [0.1, 0.15) is 48.4 Å². The Morgan fingerprint density at radius 2 is 1.97 bits per heavy atom. The second kappa shape index (κ2) is 8.92. The van der Waals surface area contributed by atoms with Crippen LogP contribution in [-0.2, 0) is 4.74 Å². The van der Waals surface area contributed by atoms with Crippen LogP contribution in [0, 0.1) is 6.92 Å². The van der Waals surface area contributed by atoms with Gasteiger partial charge in [-0.05, 0) is 33.6 Å². The molecular weight excluding hydrogens is 397 g/mol. The number of ether oxygens (including phenoxy) is 1. The zero-order valence-electron chi connectivity index (χ0n) is 17.2. The number of primary amides is 1. The van der Waals surface area contributed by atoms with Crippen molar-refractivity contribution < 1.29 is 13.9 Å². The number of allylic oxidation sites excluding steroid dienone is 4. The van der Waals surface area contributed by atoms with Crippen LogP contribution in [0.15, 0.2) is 29.3 Å². The van der Waals surface area contributed by atoms with Crippen LogP contribution in [0.25, 0.3) is 5.57 Å². The number of aryl methyl sites for hydroxylation is 1. The number of carbonyl (C=O) groups is 1. The maximum Gasteiger partial charge on any atom is 0.268 e. The lowest BCUT2D eigenvalue weighted by molar-refractivity contribution is 0.0995. The maximum atomic E-state index is 13.8. The molecule has 1 amide bonds. The number of methoxy groups -OCH3 is 1. The molecule has 0 bridgehead atoms. The highest BCUT2D eigenvalue weighted by Crippen LogP contribution is 2.34. The van der Waals surface area contributed by atoms with Gasteiger partial charge in [-0.1, -0.05) is 24.3 Å². The second-order valence-corrected chi connectivity index (χ2v) is 7.71. The molecule has 1 aliphatic heterocycles. The van der Waals surface area contributed by atoms with Gasteiger partial charge >= 0.3 is 0 Å². The van der Waals surface area contributed by atoms with Gasteiger partial charge in [0.1, 0.15) is 11.5 Å². The maximum absolute atomic E-state index is 13.8. The van der Waals surface area contributed by atoms with Crippen molar-refractivity contribution in [2.75, 3.05) is 25.1 Å². The molecule has 4 N–H and O–H groups in total. The van der Waals surface area contributed by atoms with Crippen LogP contribution in [0.3, 0.4) is 0 Å². The molecule has 7 nitrogen and oxygen atoms in total. The van der Waals surface area contributed by atoms with Crippen molar-refractivity contribution in [3.8, 4) is 0 Å². The van der Waals surface area contributed by atoms with Gasteiger partial charge in [0, 0.05) is 29.8 Å². The Labute approximate surface area is 175 Å². The molecule has 0 aliphatic carbocycles. The number of halogens is 2. The quantitative estimate of drug-likeness (QED) is 0.537. The molecule has 1 aliphatic rings. The highest BCUT2D eigenvalue weighted by atomic mass is 35.5. The molecule has 1 aromatic rings. The van der Waals surface area contributed by atoms with Crippen molar-refractivity contribution in [3.05, 3.63) is 46.2 Å². The zero-order chi connectivity index (χ0) is 21.9. The van der Waals surface area contributed by atoms with Crippen molar-refractivity contribution in [2.45, 2.75) is 39.2 Å². The Kier molecular flexibility index (Phi) is 7.02. The van der Waals surface area contributed by atoms with E-state index >= 15 is 0 Å². The predicted octanol–water partition coefficient (Wildman–Crippen LogP) is 3.18. The Morgan fingerprint density at radius 1 is 1.38 bits per heavy atom. The zero-order valence-corrected chi connectivity index (χ0v) is 17.9. The molecule has 1 aromatic heterocycles. The number of rotatable bonds is 6. The molecule has 158 valence electrons. The van der Waals surface area contributed by atoms with E-state index < -0.39 is 11.7 Å². The Hall–Kier alpha value is -2.45. The van der Waals surface area contributed by atoms with Crippen LogP contribution in [0.5, 0.6) is 0 Å². The fraction of sp³-hybridized carbons (Fsp3) is 0.450. The van der Waals surface area contributed by atoms with Gasteiger partial charge in [-0.15, -0.1) is 0 Å². The highest BCUT2D eigenvalue weighted by molar-refractivity contribution is 6.35. The normalized spacial score (nSPS) is 18.0. The van der Waals surface area contributed by atoms with Crippen molar-refractivity contribution in [1.29, 1.82) is 0 Å². The van der Waals surface area contributed by atoms with Crippen LogP contribution in [-0.4, -0.2) is 41.6 Å². The van der Waals surface area contributed by atoms with E-state index in [-0.39, 0.29) is 33.2 Å². The molecule has 29 heavy (non-hydrogen) atoms. The molecule has 0 saturated carbocycles. The summed E-state index contributed by atoms with van der Waals surface area (Å²) in [6.45, 7) is 9.97. The molecular formula is C20H27ClFN5O2. The first-order chi connectivity index (χ1) is 13.5. The Bertz CT molecular complexity index is 881. The van der Waals surface area contributed by atoms with Gasteiger partial charge in [-0.3, -0.25) is 4.79 Å². The molecule has 0 radical (unpaired) electrons. The van der Waals surface area contributed by atoms with E-state index in [1.54, 1.807) is 6.92 Å². The van der Waals surface area contributed by atoms with Gasteiger partial charge in [-0.2, -0.15) is 0 Å². The van der Waals surface area contributed by atoms with E-state index in [1.165, 1.54) is 20.1 Å². The largest absolute Gasteiger partial charge is 0.492 e. The Morgan fingerprint density at radius 3 is 2.41 bits per heavy atom. The number of piperidine rings is 1. The predicted molar refractivity (Wildman–Crippen MR) is 113 cm³/mol. The number of anilines is 1. The van der Waals surface area contributed by atoms with E-state index in [1.807, 2.05) is 11.8 Å². The molecule has 9 heteroatoms. The first-order valence-electron chi connectivity index (χ1n) is 9.18. The first kappa shape index (κ1) is 22.8. The fourth-order valence-corrected chi connectivity index (χ4v) is 3.60. The SMILES string of the molecule is C=C/C(=C(Cl)\C(OC)=C(/C)F)c1c(C)nc(N2CCC(C)(N)CC2)nc1C(N)=O. The summed E-state index contributed by atoms with van der Waals surface area (Å²) >= 11 is 6.36. The summed E-state index contributed by atoms with van der Waals surface area (Å²) < 4.78 is 18.9. The first-order valence-corrected chi connectivity index (χ1v) is 9.55. The van der Waals surface area contributed by atoms with E-state index in [9.17, 15) is 9.18 Å². The van der Waals surface area contributed by atoms with Crippen LogP contribution in [0.4, 0.5) is 10.3 Å². The highest BCUT2D eigenvalue weighted by Gasteiger charge is 2.29. The number of hydrogen-bond donors (Lipinski definition) is 2. The summed E-state index contributed by atoms with van der Waals surface area (Å²) in [7, 11) is 1.30. The van der Waals surface area contributed by atoms with E-state index in [2.05, 4.69) is 16.5 Å². The van der Waals surface area contributed by atoms with Crippen molar-refractivity contribution in [1.82, 2.24) is 9.97 Å². The average molecular weight is 424 g/mol. The molecule has 1 fully saturated rings. The molecule has 2 heterocycles. The Balaban J connectivity index is 2.63. The topological polar surface area (TPSA) is 107 Å². The third-order valence-corrected chi connectivity index (χ3v) is 5.30. The van der Waals surface area contributed by atoms with Gasteiger partial charge < -0.3 is 21.1 Å². The van der Waals surface area contributed by atoms with Crippen molar-refractivity contribution in [2.24, 2.45) is 11.5 Å². The number of nitrogens with two attached hydrogens (primary N) is 2. The minimum atomic E-state index is -0.754. The third kappa shape index (κ3) is 4.94. The fourth-order valence-electron chi connectivity index (χ4n) is 3.22. The van der Waals surface area contributed by atoms with Gasteiger partial charge in [0.05, 0.1) is 17.8 Å².